The summed E-state index contributed by atoms with van der Waals surface area (Å²) in [5, 5.41) is 3.28. The summed E-state index contributed by atoms with van der Waals surface area (Å²) in [5.74, 6) is 0.127. The predicted octanol–water partition coefficient (Wildman–Crippen LogP) is 5.94. The van der Waals surface area contributed by atoms with Gasteiger partial charge in [0.15, 0.2) is 0 Å². The molecule has 0 unspecified atom stereocenters. The first-order valence-corrected chi connectivity index (χ1v) is 12.3. The SMILES string of the molecule is Cc1cc(C)cc(N2C(=O)C(Nc3ccc(N4CCC(C)CC4)cc3)=C(c3ccccc3)C2=O)c1. The van der Waals surface area contributed by atoms with Crippen molar-refractivity contribution in [3.8, 4) is 0 Å². The van der Waals surface area contributed by atoms with E-state index in [2.05, 4.69) is 29.3 Å². The summed E-state index contributed by atoms with van der Waals surface area (Å²) in [6.07, 6.45) is 2.41. The van der Waals surface area contributed by atoms with Gasteiger partial charge in [0, 0.05) is 24.5 Å². The smallest absolute Gasteiger partial charge is 0.282 e. The number of anilines is 3. The summed E-state index contributed by atoms with van der Waals surface area (Å²) in [6.45, 7) is 8.38. The molecule has 2 amide bonds. The molecule has 5 heteroatoms. The average molecular weight is 466 g/mol. The van der Waals surface area contributed by atoms with Crippen molar-refractivity contribution >= 4 is 34.4 Å². The second-order valence-electron chi connectivity index (χ2n) is 9.75. The van der Waals surface area contributed by atoms with E-state index in [-0.39, 0.29) is 11.8 Å². The number of aryl methyl sites for hydroxylation is 2. The number of rotatable bonds is 5. The molecule has 0 aromatic heterocycles. The highest BCUT2D eigenvalue weighted by Crippen LogP contribution is 2.35. The highest BCUT2D eigenvalue weighted by molar-refractivity contribution is 6.46. The Morgan fingerprint density at radius 2 is 1.40 bits per heavy atom. The standard InChI is InChI=1S/C30H31N3O2/c1-20-13-15-32(16-14-20)25-11-9-24(10-12-25)31-28-27(23-7-5-4-6-8-23)29(34)33(30(28)35)26-18-21(2)17-22(3)19-26/h4-12,17-20,31H,13-16H2,1-3H3. The van der Waals surface area contributed by atoms with E-state index in [4.69, 9.17) is 0 Å². The minimum absolute atomic E-state index is 0.305. The van der Waals surface area contributed by atoms with Gasteiger partial charge in [-0.05, 0) is 85.7 Å². The van der Waals surface area contributed by atoms with Crippen LogP contribution in [0.2, 0.25) is 0 Å². The van der Waals surface area contributed by atoms with E-state index in [1.54, 1.807) is 0 Å². The molecule has 2 aliphatic rings. The lowest BCUT2D eigenvalue weighted by Gasteiger charge is -2.32. The Morgan fingerprint density at radius 1 is 0.771 bits per heavy atom. The summed E-state index contributed by atoms with van der Waals surface area (Å²) < 4.78 is 0. The van der Waals surface area contributed by atoms with E-state index in [0.29, 0.717) is 17.0 Å². The van der Waals surface area contributed by atoms with Crippen LogP contribution in [0.25, 0.3) is 5.57 Å². The largest absolute Gasteiger partial charge is 0.372 e. The highest BCUT2D eigenvalue weighted by atomic mass is 16.2. The van der Waals surface area contributed by atoms with Crippen molar-refractivity contribution in [1.82, 2.24) is 0 Å². The van der Waals surface area contributed by atoms with Crippen LogP contribution in [-0.2, 0) is 9.59 Å². The molecule has 178 valence electrons. The Hall–Kier alpha value is -3.86. The van der Waals surface area contributed by atoms with E-state index in [1.807, 2.05) is 74.5 Å². The number of nitrogens with one attached hydrogen (secondary N) is 1. The molecule has 3 aromatic rings. The Kier molecular flexibility index (Phi) is 6.16. The first-order valence-electron chi connectivity index (χ1n) is 12.3. The Morgan fingerprint density at radius 3 is 2.03 bits per heavy atom. The van der Waals surface area contributed by atoms with Gasteiger partial charge in [-0.15, -0.1) is 0 Å². The average Bonchev–Trinajstić information content (AvgIpc) is 3.09. The van der Waals surface area contributed by atoms with Gasteiger partial charge in [0.05, 0.1) is 11.3 Å². The molecule has 0 atom stereocenters. The molecule has 2 aliphatic heterocycles. The maximum atomic E-state index is 13.6. The fourth-order valence-electron chi connectivity index (χ4n) is 5.00. The van der Waals surface area contributed by atoms with E-state index in [0.717, 1.165) is 41.4 Å². The molecule has 0 radical (unpaired) electrons. The molecule has 5 rings (SSSR count). The van der Waals surface area contributed by atoms with Gasteiger partial charge >= 0.3 is 0 Å². The van der Waals surface area contributed by atoms with Gasteiger partial charge in [-0.25, -0.2) is 4.90 Å². The molecule has 1 N–H and O–H groups in total. The van der Waals surface area contributed by atoms with Crippen LogP contribution < -0.4 is 15.1 Å². The third kappa shape index (κ3) is 4.59. The number of imide groups is 1. The minimum atomic E-state index is -0.340. The van der Waals surface area contributed by atoms with Crippen LogP contribution in [0.1, 0.15) is 36.5 Å². The van der Waals surface area contributed by atoms with Crippen LogP contribution in [0.3, 0.4) is 0 Å². The molecule has 3 aromatic carbocycles. The molecule has 1 fully saturated rings. The van der Waals surface area contributed by atoms with Crippen LogP contribution in [-0.4, -0.2) is 24.9 Å². The van der Waals surface area contributed by atoms with E-state index in [1.165, 1.54) is 23.4 Å². The highest BCUT2D eigenvalue weighted by Gasteiger charge is 2.40. The van der Waals surface area contributed by atoms with Crippen LogP contribution in [0, 0.1) is 19.8 Å². The number of carbonyl (C=O) groups excluding carboxylic acids is 2. The van der Waals surface area contributed by atoms with Crippen molar-refractivity contribution in [2.75, 3.05) is 28.2 Å². The summed E-state index contributed by atoms with van der Waals surface area (Å²) in [5.41, 5.74) is 5.99. The topological polar surface area (TPSA) is 52.7 Å². The fraction of sp³-hybridized carbons (Fsp3) is 0.267. The van der Waals surface area contributed by atoms with Crippen molar-refractivity contribution < 1.29 is 9.59 Å². The summed E-state index contributed by atoms with van der Waals surface area (Å²) in [4.78, 5) is 31.0. The monoisotopic (exact) mass is 465 g/mol. The zero-order valence-corrected chi connectivity index (χ0v) is 20.5. The maximum Gasteiger partial charge on any atom is 0.282 e. The van der Waals surface area contributed by atoms with Crippen molar-refractivity contribution in [1.29, 1.82) is 0 Å². The minimum Gasteiger partial charge on any atom is -0.372 e. The first kappa shape index (κ1) is 22.9. The van der Waals surface area contributed by atoms with Crippen LogP contribution in [0.4, 0.5) is 17.1 Å². The molecule has 0 saturated carbocycles. The van der Waals surface area contributed by atoms with E-state index in [9.17, 15) is 9.59 Å². The number of amides is 2. The Balaban J connectivity index is 1.47. The zero-order chi connectivity index (χ0) is 24.5. The van der Waals surface area contributed by atoms with Crippen LogP contribution >= 0.6 is 0 Å². The van der Waals surface area contributed by atoms with Gasteiger partial charge in [-0.3, -0.25) is 9.59 Å². The lowest BCUT2D eigenvalue weighted by atomic mass is 9.99. The van der Waals surface area contributed by atoms with Gasteiger partial charge in [-0.2, -0.15) is 0 Å². The number of hydrogen-bond donors (Lipinski definition) is 1. The molecule has 0 aliphatic carbocycles. The Labute approximate surface area is 207 Å². The van der Waals surface area contributed by atoms with E-state index < -0.39 is 0 Å². The molecule has 5 nitrogen and oxygen atoms in total. The summed E-state index contributed by atoms with van der Waals surface area (Å²) >= 11 is 0. The van der Waals surface area contributed by atoms with Crippen molar-refractivity contribution in [3.05, 3.63) is 95.2 Å². The number of hydrogen-bond acceptors (Lipinski definition) is 4. The van der Waals surface area contributed by atoms with Gasteiger partial charge in [0.1, 0.15) is 5.70 Å². The third-order valence-electron chi connectivity index (χ3n) is 6.90. The molecule has 1 saturated heterocycles. The molecule has 2 heterocycles. The van der Waals surface area contributed by atoms with Crippen LogP contribution in [0.5, 0.6) is 0 Å². The lowest BCUT2D eigenvalue weighted by molar-refractivity contribution is -0.120. The van der Waals surface area contributed by atoms with Crippen molar-refractivity contribution in [2.24, 2.45) is 5.92 Å². The van der Waals surface area contributed by atoms with Crippen LogP contribution in [0.15, 0.2) is 78.5 Å². The maximum absolute atomic E-state index is 13.6. The fourth-order valence-corrected chi connectivity index (χ4v) is 5.00. The third-order valence-corrected chi connectivity index (χ3v) is 6.90. The Bertz CT molecular complexity index is 1270. The van der Waals surface area contributed by atoms with Gasteiger partial charge in [0.2, 0.25) is 0 Å². The van der Waals surface area contributed by atoms with Crippen molar-refractivity contribution in [3.63, 3.8) is 0 Å². The van der Waals surface area contributed by atoms with Gasteiger partial charge in [-0.1, -0.05) is 43.3 Å². The number of piperidine rings is 1. The second-order valence-corrected chi connectivity index (χ2v) is 9.75. The molecule has 35 heavy (non-hydrogen) atoms. The number of benzene rings is 3. The molecule has 0 bridgehead atoms. The number of carbonyl (C=O) groups is 2. The first-order chi connectivity index (χ1) is 16.9. The quantitative estimate of drug-likeness (QED) is 0.474. The molecular formula is C30H31N3O2. The summed E-state index contributed by atoms with van der Waals surface area (Å²) in [7, 11) is 0. The summed E-state index contributed by atoms with van der Waals surface area (Å²) in [6, 6.07) is 23.3. The lowest BCUT2D eigenvalue weighted by Crippen LogP contribution is -2.32. The van der Waals surface area contributed by atoms with Gasteiger partial charge < -0.3 is 10.2 Å². The zero-order valence-electron chi connectivity index (χ0n) is 20.5. The number of nitrogens with zero attached hydrogens (tertiary/aromatic N) is 2. The molecule has 0 spiro atoms. The van der Waals surface area contributed by atoms with Gasteiger partial charge in [0.25, 0.3) is 11.8 Å². The second kappa shape index (κ2) is 9.41. The predicted molar refractivity (Wildman–Crippen MR) is 142 cm³/mol. The van der Waals surface area contributed by atoms with Crippen molar-refractivity contribution in [2.45, 2.75) is 33.6 Å². The normalized spacial score (nSPS) is 16.9. The molecular weight excluding hydrogens is 434 g/mol. The van der Waals surface area contributed by atoms with E-state index >= 15 is 0 Å².